The molecule has 7 heteroatoms. The molecule has 0 radical (unpaired) electrons. The Balaban J connectivity index is 1.97. The van der Waals surface area contributed by atoms with Crippen molar-refractivity contribution in [2.75, 3.05) is 31.1 Å². The molecule has 2 heterocycles. The Labute approximate surface area is 137 Å². The van der Waals surface area contributed by atoms with Crippen molar-refractivity contribution in [2.45, 2.75) is 37.6 Å². The van der Waals surface area contributed by atoms with E-state index in [1.807, 2.05) is 13.0 Å². The summed E-state index contributed by atoms with van der Waals surface area (Å²) in [4.78, 5) is 13.8. The van der Waals surface area contributed by atoms with Crippen molar-refractivity contribution < 1.29 is 13.2 Å². The lowest BCUT2D eigenvalue weighted by Crippen LogP contribution is -2.51. The topological polar surface area (TPSA) is 69.7 Å². The molecule has 0 aromatic heterocycles. The van der Waals surface area contributed by atoms with Gasteiger partial charge in [-0.25, -0.2) is 8.42 Å². The van der Waals surface area contributed by atoms with E-state index in [2.05, 4.69) is 5.32 Å². The van der Waals surface area contributed by atoms with Gasteiger partial charge in [0.2, 0.25) is 15.9 Å². The van der Waals surface area contributed by atoms with E-state index in [9.17, 15) is 13.2 Å². The van der Waals surface area contributed by atoms with Crippen molar-refractivity contribution in [1.82, 2.24) is 9.62 Å². The zero-order chi connectivity index (χ0) is 16.6. The summed E-state index contributed by atoms with van der Waals surface area (Å²) >= 11 is 0. The van der Waals surface area contributed by atoms with Crippen molar-refractivity contribution in [3.05, 3.63) is 23.8 Å². The molecule has 1 unspecified atom stereocenters. The fourth-order valence-electron chi connectivity index (χ4n) is 3.31. The maximum absolute atomic E-state index is 12.9. The van der Waals surface area contributed by atoms with E-state index in [-0.39, 0.29) is 16.8 Å². The fourth-order valence-corrected chi connectivity index (χ4v) is 4.86. The van der Waals surface area contributed by atoms with Crippen LogP contribution in [0, 0.1) is 0 Å². The van der Waals surface area contributed by atoms with Gasteiger partial charge in [-0.05, 0) is 37.5 Å². The maximum Gasteiger partial charge on any atom is 0.243 e. The molecule has 1 saturated heterocycles. The largest absolute Gasteiger partial charge is 0.312 e. The molecule has 2 aliphatic rings. The summed E-state index contributed by atoms with van der Waals surface area (Å²) < 4.78 is 27.3. The number of piperazine rings is 1. The Morgan fingerprint density at radius 1 is 1.30 bits per heavy atom. The van der Waals surface area contributed by atoms with Gasteiger partial charge in [0.1, 0.15) is 0 Å². The van der Waals surface area contributed by atoms with Crippen LogP contribution >= 0.6 is 0 Å². The number of nitrogens with one attached hydrogen (secondary N) is 1. The Morgan fingerprint density at radius 2 is 2.09 bits per heavy atom. The third-order valence-corrected chi connectivity index (χ3v) is 6.39. The van der Waals surface area contributed by atoms with Gasteiger partial charge in [-0.2, -0.15) is 4.31 Å². The molecule has 1 aromatic carbocycles. The summed E-state index contributed by atoms with van der Waals surface area (Å²) in [7, 11) is -3.52. The van der Waals surface area contributed by atoms with Gasteiger partial charge in [-0.15, -0.1) is 0 Å². The lowest BCUT2D eigenvalue weighted by Gasteiger charge is -2.32. The van der Waals surface area contributed by atoms with Gasteiger partial charge >= 0.3 is 0 Å². The molecule has 126 valence electrons. The van der Waals surface area contributed by atoms with Crippen LogP contribution in [0.25, 0.3) is 0 Å². The zero-order valence-corrected chi connectivity index (χ0v) is 14.4. The molecule has 3 rings (SSSR count). The summed E-state index contributed by atoms with van der Waals surface area (Å²) in [5.41, 5.74) is 1.78. The average Bonchev–Trinajstić information content (AvgIpc) is 2.53. The number of benzene rings is 1. The molecule has 0 aliphatic carbocycles. The highest BCUT2D eigenvalue weighted by atomic mass is 32.2. The molecule has 0 spiro atoms. The van der Waals surface area contributed by atoms with E-state index in [0.29, 0.717) is 26.2 Å². The number of hydrogen-bond acceptors (Lipinski definition) is 4. The van der Waals surface area contributed by atoms with Crippen LogP contribution in [-0.2, 0) is 21.2 Å². The van der Waals surface area contributed by atoms with E-state index in [0.717, 1.165) is 24.1 Å². The third-order valence-electron chi connectivity index (χ3n) is 4.52. The van der Waals surface area contributed by atoms with E-state index >= 15 is 0 Å². The fraction of sp³-hybridized carbons (Fsp3) is 0.562. The van der Waals surface area contributed by atoms with Crippen molar-refractivity contribution in [3.8, 4) is 0 Å². The van der Waals surface area contributed by atoms with Crippen LogP contribution in [0.15, 0.2) is 23.1 Å². The minimum absolute atomic E-state index is 0.0451. The Bertz CT molecular complexity index is 717. The smallest absolute Gasteiger partial charge is 0.243 e. The molecule has 23 heavy (non-hydrogen) atoms. The van der Waals surface area contributed by atoms with Gasteiger partial charge in [-0.3, -0.25) is 4.79 Å². The van der Waals surface area contributed by atoms with Crippen LogP contribution in [-0.4, -0.2) is 50.9 Å². The highest BCUT2D eigenvalue weighted by molar-refractivity contribution is 7.89. The molecule has 6 nitrogen and oxygen atoms in total. The lowest BCUT2D eigenvalue weighted by atomic mass is 10.0. The molecule has 1 N–H and O–H groups in total. The van der Waals surface area contributed by atoms with Gasteiger partial charge in [0.25, 0.3) is 0 Å². The van der Waals surface area contributed by atoms with Crippen molar-refractivity contribution in [1.29, 1.82) is 0 Å². The number of sulfonamides is 1. The van der Waals surface area contributed by atoms with Crippen LogP contribution in [0.3, 0.4) is 0 Å². The predicted octanol–water partition coefficient (Wildman–Crippen LogP) is 0.968. The molecule has 0 saturated carbocycles. The number of amides is 1. The first kappa shape index (κ1) is 16.4. The van der Waals surface area contributed by atoms with Crippen LogP contribution in [0.5, 0.6) is 0 Å². The maximum atomic E-state index is 12.9. The van der Waals surface area contributed by atoms with E-state index in [1.54, 1.807) is 17.0 Å². The second-order valence-corrected chi connectivity index (χ2v) is 8.22. The zero-order valence-electron chi connectivity index (χ0n) is 13.6. The number of aryl methyl sites for hydroxylation is 1. The number of hydrogen-bond donors (Lipinski definition) is 1. The Kier molecular flexibility index (Phi) is 4.44. The van der Waals surface area contributed by atoms with Gasteiger partial charge in [0.15, 0.2) is 0 Å². The monoisotopic (exact) mass is 337 g/mol. The quantitative estimate of drug-likeness (QED) is 0.873. The minimum Gasteiger partial charge on any atom is -0.312 e. The number of carbonyl (C=O) groups is 1. The second kappa shape index (κ2) is 6.22. The van der Waals surface area contributed by atoms with Crippen LogP contribution in [0.2, 0.25) is 0 Å². The van der Waals surface area contributed by atoms with E-state index in [4.69, 9.17) is 0 Å². The number of fused-ring (bicyclic) bond motifs is 1. The molecular weight excluding hydrogens is 314 g/mol. The first-order valence-corrected chi connectivity index (χ1v) is 9.48. The highest BCUT2D eigenvalue weighted by Gasteiger charge is 2.30. The van der Waals surface area contributed by atoms with E-state index < -0.39 is 10.0 Å². The second-order valence-electron chi connectivity index (χ2n) is 6.28. The van der Waals surface area contributed by atoms with Crippen molar-refractivity contribution in [2.24, 2.45) is 0 Å². The molecule has 1 aromatic rings. The van der Waals surface area contributed by atoms with Crippen molar-refractivity contribution >= 4 is 21.6 Å². The third kappa shape index (κ3) is 3.13. The minimum atomic E-state index is -3.52. The Hall–Kier alpha value is -1.44. The summed E-state index contributed by atoms with van der Waals surface area (Å²) in [6, 6.07) is 5.33. The number of nitrogens with zero attached hydrogens (tertiary/aromatic N) is 2. The molecule has 1 amide bonds. The molecular formula is C16H23N3O3S. The standard InChI is InChI=1S/C16H23N3O3S/c1-12-11-18(9-7-17-12)23(21,22)15-6-5-14-4-3-8-19(13(2)20)16(14)10-15/h5-6,10,12,17H,3-4,7-9,11H2,1-2H3. The van der Waals surface area contributed by atoms with Gasteiger partial charge in [-0.1, -0.05) is 6.07 Å². The predicted molar refractivity (Wildman–Crippen MR) is 89.0 cm³/mol. The number of rotatable bonds is 2. The van der Waals surface area contributed by atoms with Gasteiger partial charge < -0.3 is 10.2 Å². The molecule has 2 aliphatic heterocycles. The normalized spacial score (nSPS) is 22.7. The van der Waals surface area contributed by atoms with Crippen LogP contribution < -0.4 is 10.2 Å². The van der Waals surface area contributed by atoms with Crippen LogP contribution in [0.4, 0.5) is 5.69 Å². The van der Waals surface area contributed by atoms with Gasteiger partial charge in [0.05, 0.1) is 4.90 Å². The Morgan fingerprint density at radius 3 is 2.78 bits per heavy atom. The first-order valence-electron chi connectivity index (χ1n) is 8.04. The summed E-state index contributed by atoms with van der Waals surface area (Å²) in [6.45, 7) is 5.75. The lowest BCUT2D eigenvalue weighted by molar-refractivity contribution is -0.116. The number of anilines is 1. The molecule has 0 bridgehead atoms. The molecule has 1 fully saturated rings. The van der Waals surface area contributed by atoms with E-state index in [1.165, 1.54) is 11.2 Å². The SMILES string of the molecule is CC(=O)N1CCCc2ccc(S(=O)(=O)N3CCNC(C)C3)cc21. The summed E-state index contributed by atoms with van der Waals surface area (Å²) in [6.07, 6.45) is 1.79. The summed E-state index contributed by atoms with van der Waals surface area (Å²) in [5.74, 6) is -0.0451. The van der Waals surface area contributed by atoms with Gasteiger partial charge in [0, 0.05) is 44.8 Å². The summed E-state index contributed by atoms with van der Waals surface area (Å²) in [5, 5.41) is 3.25. The van der Waals surface area contributed by atoms with Crippen LogP contribution in [0.1, 0.15) is 25.8 Å². The van der Waals surface area contributed by atoms with Crippen molar-refractivity contribution in [3.63, 3.8) is 0 Å². The first-order chi connectivity index (χ1) is 10.9. The average molecular weight is 337 g/mol. The molecule has 1 atom stereocenters. The number of carbonyl (C=O) groups excluding carboxylic acids is 1. The highest BCUT2D eigenvalue weighted by Crippen LogP contribution is 2.31.